The smallest absolute Gasteiger partial charge is 0.272 e. The Morgan fingerprint density at radius 3 is 2.54 bits per heavy atom. The van der Waals surface area contributed by atoms with Gasteiger partial charge in [-0.05, 0) is 80.9 Å². The van der Waals surface area contributed by atoms with Gasteiger partial charge < -0.3 is 25.1 Å². The minimum absolute atomic E-state index is 0.00205. The van der Waals surface area contributed by atoms with Crippen molar-refractivity contribution >= 4 is 28.6 Å². The first-order valence-electron chi connectivity index (χ1n) is 17.9. The van der Waals surface area contributed by atoms with E-state index in [0.29, 0.717) is 68.3 Å². The molecule has 5 aliphatic rings. The van der Waals surface area contributed by atoms with Crippen molar-refractivity contribution in [2.45, 2.75) is 77.4 Å². The molecule has 0 bridgehead atoms. The number of nitrogens with one attached hydrogen (secondary N) is 1. The molecule has 7 atom stereocenters. The lowest BCUT2D eigenvalue weighted by atomic mass is 9.47. The highest BCUT2D eigenvalue weighted by Crippen LogP contribution is 2.66. The highest BCUT2D eigenvalue weighted by atomic mass is 16.3. The molecular formula is C39H49N5O4. The van der Waals surface area contributed by atoms with Crippen molar-refractivity contribution in [3.63, 3.8) is 0 Å². The molecule has 1 aromatic heterocycles. The predicted molar refractivity (Wildman–Crippen MR) is 184 cm³/mol. The second-order valence-corrected chi connectivity index (χ2v) is 15.4. The SMILES string of the molecule is C#C[C@]1(O)CCC2[C@@H]3CCC4NC(=O)C(N5CCN(C(=O)CN(CCC)C(=O)c6ccc7ccccc7n6)CC5)=C[C@]4(C)C3CC[C@@]21C. The van der Waals surface area contributed by atoms with Crippen molar-refractivity contribution in [2.75, 3.05) is 39.3 Å². The molecule has 4 fully saturated rings. The van der Waals surface area contributed by atoms with Crippen LogP contribution in [0.25, 0.3) is 10.9 Å². The monoisotopic (exact) mass is 651 g/mol. The number of piperazine rings is 1. The molecule has 2 aromatic rings. The molecule has 48 heavy (non-hydrogen) atoms. The van der Waals surface area contributed by atoms with Gasteiger partial charge in [0, 0.05) is 55.0 Å². The van der Waals surface area contributed by atoms with Gasteiger partial charge in [-0.25, -0.2) is 4.98 Å². The number of hydrogen-bond acceptors (Lipinski definition) is 6. The summed E-state index contributed by atoms with van der Waals surface area (Å²) in [6.45, 7) is 9.09. The van der Waals surface area contributed by atoms with E-state index in [2.05, 4.69) is 41.0 Å². The van der Waals surface area contributed by atoms with Gasteiger partial charge >= 0.3 is 0 Å². The number of para-hydroxylation sites is 1. The van der Waals surface area contributed by atoms with E-state index < -0.39 is 5.60 Å². The Labute approximate surface area is 284 Å². The van der Waals surface area contributed by atoms with Crippen molar-refractivity contribution < 1.29 is 19.5 Å². The number of carbonyl (C=O) groups is 3. The number of amides is 3. The zero-order chi connectivity index (χ0) is 33.8. The number of hydrogen-bond donors (Lipinski definition) is 2. The molecule has 3 heterocycles. The average Bonchev–Trinajstić information content (AvgIpc) is 3.38. The van der Waals surface area contributed by atoms with Crippen LogP contribution >= 0.6 is 0 Å². The van der Waals surface area contributed by atoms with E-state index in [1.54, 1.807) is 11.0 Å². The van der Waals surface area contributed by atoms with Crippen LogP contribution in [0.1, 0.15) is 76.2 Å². The van der Waals surface area contributed by atoms with Crippen LogP contribution in [0, 0.1) is 40.9 Å². The molecule has 9 heteroatoms. The molecule has 3 aliphatic carbocycles. The van der Waals surface area contributed by atoms with Gasteiger partial charge in [-0.15, -0.1) is 6.42 Å². The van der Waals surface area contributed by atoms with Crippen LogP contribution in [-0.2, 0) is 9.59 Å². The van der Waals surface area contributed by atoms with Crippen LogP contribution in [-0.4, -0.2) is 93.4 Å². The van der Waals surface area contributed by atoms with E-state index in [1.807, 2.05) is 42.2 Å². The van der Waals surface area contributed by atoms with Gasteiger partial charge in [-0.1, -0.05) is 51.0 Å². The maximum Gasteiger partial charge on any atom is 0.272 e. The third-order valence-corrected chi connectivity index (χ3v) is 13.0. The molecule has 3 saturated carbocycles. The fraction of sp³-hybridized carbons (Fsp3) is 0.590. The van der Waals surface area contributed by atoms with Crippen LogP contribution in [0.15, 0.2) is 48.2 Å². The van der Waals surface area contributed by atoms with E-state index in [1.165, 1.54) is 0 Å². The predicted octanol–water partition coefficient (Wildman–Crippen LogP) is 4.22. The standard InChI is InChI=1S/C39H49N5O4/c1-5-19-44(36(47)31-13-11-26-9-7-8-10-30(26)40-31)25-34(45)43-22-20-42(21-23-43)32-24-37(3)28-15-17-38(4)29(16-18-39(38,48)6-2)27(28)12-14-33(37)41-35(32)46/h2,7-11,13,24,27-29,33,48H,5,12,14-23,25H2,1,3-4H3,(H,41,46)/t27-,28?,29?,33?,37-,38+,39+/m1/s1. The van der Waals surface area contributed by atoms with Gasteiger partial charge in [0.05, 0.1) is 11.2 Å². The third kappa shape index (κ3) is 5.19. The van der Waals surface area contributed by atoms with E-state index in [4.69, 9.17) is 6.42 Å². The molecule has 7 rings (SSSR count). The number of terminal acetylenes is 1. The molecule has 3 amide bonds. The maximum absolute atomic E-state index is 13.5. The number of aromatic nitrogens is 1. The lowest BCUT2D eigenvalue weighted by Crippen LogP contribution is -2.62. The minimum Gasteiger partial charge on any atom is -0.377 e. The second-order valence-electron chi connectivity index (χ2n) is 15.4. The highest BCUT2D eigenvalue weighted by Gasteiger charge is 2.64. The third-order valence-electron chi connectivity index (χ3n) is 13.0. The summed E-state index contributed by atoms with van der Waals surface area (Å²) in [7, 11) is 0. The number of rotatable bonds is 6. The Hall–Kier alpha value is -3.90. The Morgan fingerprint density at radius 1 is 1.04 bits per heavy atom. The minimum atomic E-state index is -1.03. The second kappa shape index (κ2) is 12.2. The van der Waals surface area contributed by atoms with Crippen LogP contribution < -0.4 is 5.32 Å². The van der Waals surface area contributed by atoms with Crippen LogP contribution in [0.2, 0.25) is 0 Å². The highest BCUT2D eigenvalue weighted by molar-refractivity contribution is 5.97. The topological polar surface area (TPSA) is 106 Å². The summed E-state index contributed by atoms with van der Waals surface area (Å²) in [5, 5.41) is 15.7. The van der Waals surface area contributed by atoms with Crippen molar-refractivity contribution in [1.82, 2.24) is 25.0 Å². The summed E-state index contributed by atoms with van der Waals surface area (Å²) in [5.41, 5.74) is 0.329. The van der Waals surface area contributed by atoms with E-state index in [0.717, 1.165) is 49.4 Å². The molecule has 3 unspecified atom stereocenters. The molecular weight excluding hydrogens is 602 g/mol. The Bertz CT molecular complexity index is 1690. The Kier molecular flexibility index (Phi) is 8.30. The van der Waals surface area contributed by atoms with E-state index in [9.17, 15) is 19.5 Å². The summed E-state index contributed by atoms with van der Waals surface area (Å²) >= 11 is 0. The summed E-state index contributed by atoms with van der Waals surface area (Å²) in [5.74, 6) is 3.68. The Balaban J connectivity index is 1.02. The van der Waals surface area contributed by atoms with E-state index >= 15 is 0 Å². The van der Waals surface area contributed by atoms with Gasteiger partial charge in [-0.3, -0.25) is 14.4 Å². The molecule has 1 aromatic carbocycles. The van der Waals surface area contributed by atoms with Crippen molar-refractivity contribution in [1.29, 1.82) is 0 Å². The number of fused-ring (bicyclic) bond motifs is 6. The van der Waals surface area contributed by atoms with Gasteiger partial charge in [0.15, 0.2) is 0 Å². The van der Waals surface area contributed by atoms with Crippen molar-refractivity contribution in [3.8, 4) is 12.3 Å². The number of pyridine rings is 1. The van der Waals surface area contributed by atoms with Crippen LogP contribution in [0.5, 0.6) is 0 Å². The summed E-state index contributed by atoms with van der Waals surface area (Å²) < 4.78 is 0. The zero-order valence-electron chi connectivity index (χ0n) is 28.6. The summed E-state index contributed by atoms with van der Waals surface area (Å²) in [4.78, 5) is 50.7. The molecule has 2 N–H and O–H groups in total. The fourth-order valence-electron chi connectivity index (χ4n) is 10.2. The van der Waals surface area contributed by atoms with Gasteiger partial charge in [0.1, 0.15) is 17.8 Å². The first-order chi connectivity index (χ1) is 23.0. The quantitative estimate of drug-likeness (QED) is 0.454. The lowest BCUT2D eigenvalue weighted by Gasteiger charge is -2.59. The number of benzene rings is 1. The maximum atomic E-state index is 13.5. The molecule has 9 nitrogen and oxygen atoms in total. The average molecular weight is 652 g/mol. The number of carbonyl (C=O) groups excluding carboxylic acids is 3. The Morgan fingerprint density at radius 2 is 1.79 bits per heavy atom. The molecule has 0 radical (unpaired) electrons. The van der Waals surface area contributed by atoms with Crippen LogP contribution in [0.3, 0.4) is 0 Å². The molecule has 2 aliphatic heterocycles. The normalized spacial score (nSPS) is 34.3. The van der Waals surface area contributed by atoms with Crippen molar-refractivity contribution in [3.05, 3.63) is 53.9 Å². The van der Waals surface area contributed by atoms with Gasteiger partial charge in [0.25, 0.3) is 11.8 Å². The zero-order valence-corrected chi connectivity index (χ0v) is 28.6. The van der Waals surface area contributed by atoms with Gasteiger partial charge in [-0.2, -0.15) is 0 Å². The lowest BCUT2D eigenvalue weighted by molar-refractivity contribution is -0.134. The first kappa shape index (κ1) is 32.6. The summed E-state index contributed by atoms with van der Waals surface area (Å²) in [6, 6.07) is 11.4. The van der Waals surface area contributed by atoms with Gasteiger partial charge in [0.2, 0.25) is 5.91 Å². The van der Waals surface area contributed by atoms with Crippen molar-refractivity contribution in [2.24, 2.45) is 28.6 Å². The summed E-state index contributed by atoms with van der Waals surface area (Å²) in [6.07, 6.45) is 14.4. The fourth-order valence-corrected chi connectivity index (χ4v) is 10.2. The van der Waals surface area contributed by atoms with E-state index in [-0.39, 0.29) is 41.1 Å². The molecule has 1 saturated heterocycles. The largest absolute Gasteiger partial charge is 0.377 e. The first-order valence-corrected chi connectivity index (χ1v) is 17.9. The number of nitrogens with zero attached hydrogens (tertiary/aromatic N) is 4. The molecule has 254 valence electrons. The van der Waals surface area contributed by atoms with Crippen LogP contribution in [0.4, 0.5) is 0 Å². The number of aliphatic hydroxyl groups is 1. The molecule has 0 spiro atoms.